The molecule has 1 aliphatic rings. The van der Waals surface area contributed by atoms with E-state index in [2.05, 4.69) is 27.9 Å². The molecule has 1 saturated carbocycles. The number of rotatable bonds is 12. The maximum Gasteiger partial charge on any atom is 0.264 e. The maximum absolute atomic E-state index is 14.5. The lowest BCUT2D eigenvalue weighted by Crippen LogP contribution is -2.54. The van der Waals surface area contributed by atoms with Gasteiger partial charge >= 0.3 is 0 Å². The largest absolute Gasteiger partial charge is 0.352 e. The Morgan fingerprint density at radius 2 is 1.32 bits per heavy atom. The number of sulfonamides is 1. The van der Waals surface area contributed by atoms with E-state index in [-0.39, 0.29) is 23.4 Å². The van der Waals surface area contributed by atoms with E-state index in [1.807, 2.05) is 72.8 Å². The molecule has 2 amide bonds. The Morgan fingerprint density at radius 3 is 1.91 bits per heavy atom. The Hall–Kier alpha value is -3.70. The fourth-order valence-corrected chi connectivity index (χ4v) is 7.35. The first-order valence-electron chi connectivity index (χ1n) is 14.8. The number of nitrogens with zero attached hydrogens (tertiary/aromatic N) is 2. The van der Waals surface area contributed by atoms with Crippen LogP contribution in [0, 0.1) is 3.57 Å². The van der Waals surface area contributed by atoms with E-state index in [0.29, 0.717) is 12.1 Å². The third kappa shape index (κ3) is 8.06. The highest BCUT2D eigenvalue weighted by atomic mass is 127. The van der Waals surface area contributed by atoms with Gasteiger partial charge in [0.15, 0.2) is 0 Å². The molecule has 1 atom stereocenters. The Balaban J connectivity index is 1.54. The average Bonchev–Trinajstić information content (AvgIpc) is 3.56. The molecule has 0 spiro atoms. The van der Waals surface area contributed by atoms with Crippen molar-refractivity contribution in [3.63, 3.8) is 0 Å². The monoisotopic (exact) mass is 721 g/mol. The molecule has 0 aliphatic heterocycles. The van der Waals surface area contributed by atoms with Crippen LogP contribution in [-0.4, -0.2) is 43.8 Å². The van der Waals surface area contributed by atoms with E-state index in [1.165, 1.54) is 12.1 Å². The first-order chi connectivity index (χ1) is 21.3. The van der Waals surface area contributed by atoms with Crippen LogP contribution < -0.4 is 9.62 Å². The second-order valence-corrected chi connectivity index (χ2v) is 14.1. The number of halogens is 1. The molecule has 0 bridgehead atoms. The predicted octanol–water partition coefficient (Wildman–Crippen LogP) is 6.19. The van der Waals surface area contributed by atoms with Gasteiger partial charge in [-0.05, 0) is 83.0 Å². The zero-order chi connectivity index (χ0) is 30.9. The van der Waals surface area contributed by atoms with Gasteiger partial charge in [0.2, 0.25) is 11.8 Å². The molecule has 1 aliphatic carbocycles. The number of hydrogen-bond acceptors (Lipinski definition) is 4. The van der Waals surface area contributed by atoms with E-state index < -0.39 is 28.5 Å². The molecule has 0 saturated heterocycles. The van der Waals surface area contributed by atoms with E-state index in [1.54, 1.807) is 35.2 Å². The van der Waals surface area contributed by atoms with Gasteiger partial charge in [-0.2, -0.15) is 0 Å². The van der Waals surface area contributed by atoms with Gasteiger partial charge in [-0.1, -0.05) is 91.7 Å². The molecule has 0 aromatic heterocycles. The van der Waals surface area contributed by atoms with Crippen LogP contribution in [-0.2, 0) is 32.6 Å². The Bertz CT molecular complexity index is 1630. The molecule has 1 fully saturated rings. The lowest BCUT2D eigenvalue weighted by atomic mass is 10.0. The standard InChI is InChI=1S/C35H36IN3O4S/c36-29-20-22-31(23-21-29)39(44(42,43)32-18-8-3-9-19-32)26-34(40)38(25-28-14-6-2-7-15-28)33(24-27-12-4-1-5-13-27)35(41)37-30-16-10-11-17-30/h1-9,12-15,18-23,30,33H,10-11,16-17,24-26H2,(H,37,41). The smallest absolute Gasteiger partial charge is 0.264 e. The van der Waals surface area contributed by atoms with Gasteiger partial charge in [-0.3, -0.25) is 13.9 Å². The summed E-state index contributed by atoms with van der Waals surface area (Å²) in [5.74, 6) is -0.689. The number of nitrogens with one attached hydrogen (secondary N) is 1. The van der Waals surface area contributed by atoms with Crippen LogP contribution >= 0.6 is 22.6 Å². The summed E-state index contributed by atoms with van der Waals surface area (Å²) in [6.45, 7) is -0.312. The van der Waals surface area contributed by atoms with Crippen molar-refractivity contribution in [2.45, 2.75) is 55.6 Å². The SMILES string of the molecule is O=C(NC1CCCC1)C(Cc1ccccc1)N(Cc1ccccc1)C(=O)CN(c1ccc(I)cc1)S(=O)(=O)c1ccccc1. The van der Waals surface area contributed by atoms with Gasteiger partial charge in [0, 0.05) is 22.6 Å². The quantitative estimate of drug-likeness (QED) is 0.177. The highest BCUT2D eigenvalue weighted by molar-refractivity contribution is 14.1. The van der Waals surface area contributed by atoms with Gasteiger partial charge in [-0.15, -0.1) is 0 Å². The summed E-state index contributed by atoms with van der Waals surface area (Å²) >= 11 is 2.16. The second-order valence-electron chi connectivity index (χ2n) is 11.0. The van der Waals surface area contributed by atoms with E-state index in [0.717, 1.165) is 44.7 Å². The number of carbonyl (C=O) groups is 2. The summed E-state index contributed by atoms with van der Waals surface area (Å²) < 4.78 is 30.1. The van der Waals surface area contributed by atoms with Crippen LogP contribution in [0.4, 0.5) is 5.69 Å². The van der Waals surface area contributed by atoms with Gasteiger partial charge in [0.05, 0.1) is 10.6 Å². The molecule has 44 heavy (non-hydrogen) atoms. The zero-order valence-electron chi connectivity index (χ0n) is 24.4. The third-order valence-electron chi connectivity index (χ3n) is 7.89. The Morgan fingerprint density at radius 1 is 0.773 bits per heavy atom. The van der Waals surface area contributed by atoms with E-state index >= 15 is 0 Å². The van der Waals surface area contributed by atoms with Crippen LogP contribution in [0.1, 0.15) is 36.8 Å². The Labute approximate surface area is 273 Å². The fourth-order valence-electron chi connectivity index (χ4n) is 5.56. The number of amides is 2. The van der Waals surface area contributed by atoms with Crippen molar-refractivity contribution in [1.82, 2.24) is 10.2 Å². The molecule has 0 radical (unpaired) electrons. The highest BCUT2D eigenvalue weighted by Gasteiger charge is 2.35. The first kappa shape index (κ1) is 31.7. The van der Waals surface area contributed by atoms with Crippen molar-refractivity contribution < 1.29 is 18.0 Å². The summed E-state index contributed by atoms with van der Waals surface area (Å²) in [6, 6.07) is 33.5. The molecule has 228 valence electrons. The summed E-state index contributed by atoms with van der Waals surface area (Å²) in [5, 5.41) is 3.20. The van der Waals surface area contributed by atoms with Crippen LogP contribution in [0.15, 0.2) is 120 Å². The molecule has 5 rings (SSSR count). The minimum atomic E-state index is -4.11. The molecule has 1 N–H and O–H groups in total. The van der Waals surface area contributed by atoms with Crippen LogP contribution in [0.3, 0.4) is 0 Å². The minimum Gasteiger partial charge on any atom is -0.352 e. The van der Waals surface area contributed by atoms with Gasteiger partial charge in [-0.25, -0.2) is 8.42 Å². The summed E-state index contributed by atoms with van der Waals surface area (Å²) in [4.78, 5) is 30.1. The second kappa shape index (κ2) is 14.9. The summed E-state index contributed by atoms with van der Waals surface area (Å²) in [7, 11) is -4.11. The van der Waals surface area contributed by atoms with Crippen molar-refractivity contribution >= 4 is 50.1 Å². The highest BCUT2D eigenvalue weighted by Crippen LogP contribution is 2.26. The van der Waals surface area contributed by atoms with Crippen molar-refractivity contribution in [3.05, 3.63) is 130 Å². The first-order valence-corrected chi connectivity index (χ1v) is 17.3. The summed E-state index contributed by atoms with van der Waals surface area (Å²) in [5.41, 5.74) is 2.13. The lowest BCUT2D eigenvalue weighted by molar-refractivity contribution is -0.140. The van der Waals surface area contributed by atoms with Crippen LogP contribution in [0.25, 0.3) is 0 Å². The maximum atomic E-state index is 14.5. The molecule has 9 heteroatoms. The topological polar surface area (TPSA) is 86.8 Å². The van der Waals surface area contributed by atoms with Crippen LogP contribution in [0.5, 0.6) is 0 Å². The number of benzene rings is 4. The molecule has 4 aromatic rings. The van der Waals surface area contributed by atoms with E-state index in [9.17, 15) is 18.0 Å². The fraction of sp³-hybridized carbons (Fsp3) is 0.257. The summed E-state index contributed by atoms with van der Waals surface area (Å²) in [6.07, 6.45) is 4.23. The number of hydrogen-bond donors (Lipinski definition) is 1. The molecule has 1 unspecified atom stereocenters. The van der Waals surface area contributed by atoms with Gasteiger partial charge in [0.25, 0.3) is 10.0 Å². The molecular weight excluding hydrogens is 685 g/mol. The minimum absolute atomic E-state index is 0.0659. The number of anilines is 1. The van der Waals surface area contributed by atoms with Crippen molar-refractivity contribution in [2.24, 2.45) is 0 Å². The van der Waals surface area contributed by atoms with Crippen molar-refractivity contribution in [3.8, 4) is 0 Å². The normalized spacial score (nSPS) is 14.1. The average molecular weight is 722 g/mol. The predicted molar refractivity (Wildman–Crippen MR) is 181 cm³/mol. The zero-order valence-corrected chi connectivity index (χ0v) is 27.4. The molecule has 7 nitrogen and oxygen atoms in total. The van der Waals surface area contributed by atoms with E-state index in [4.69, 9.17) is 0 Å². The third-order valence-corrected chi connectivity index (χ3v) is 10.4. The molecule has 4 aromatic carbocycles. The molecular formula is C35H36IN3O4S. The Kier molecular flexibility index (Phi) is 10.7. The number of carbonyl (C=O) groups excluding carboxylic acids is 2. The molecule has 0 heterocycles. The van der Waals surface area contributed by atoms with Crippen molar-refractivity contribution in [2.75, 3.05) is 10.8 Å². The van der Waals surface area contributed by atoms with Crippen LogP contribution in [0.2, 0.25) is 0 Å². The van der Waals surface area contributed by atoms with Gasteiger partial charge < -0.3 is 10.2 Å². The lowest BCUT2D eigenvalue weighted by Gasteiger charge is -2.34. The van der Waals surface area contributed by atoms with Crippen molar-refractivity contribution in [1.29, 1.82) is 0 Å². The van der Waals surface area contributed by atoms with Gasteiger partial charge in [0.1, 0.15) is 12.6 Å².